The summed E-state index contributed by atoms with van der Waals surface area (Å²) in [6, 6.07) is 0. The zero-order chi connectivity index (χ0) is 20.5. The third-order valence-corrected chi connectivity index (χ3v) is 6.37. The Morgan fingerprint density at radius 3 is 2.07 bits per heavy atom. The minimum Gasteiger partial charge on any atom is -0.369 e. The largest absolute Gasteiger partial charge is 0.369 e. The summed E-state index contributed by atoms with van der Waals surface area (Å²) in [6.07, 6.45) is 16.2. The Balaban J connectivity index is 2.62. The van der Waals surface area contributed by atoms with E-state index in [1.54, 1.807) is 0 Å². The lowest BCUT2D eigenvalue weighted by atomic mass is 9.57. The van der Waals surface area contributed by atoms with Crippen molar-refractivity contribution < 1.29 is 4.74 Å². The van der Waals surface area contributed by atoms with Gasteiger partial charge in [0, 0.05) is 12.0 Å². The van der Waals surface area contributed by atoms with Gasteiger partial charge in [-0.2, -0.15) is 0 Å². The number of unbranched alkanes of at least 4 members (excludes halogenated alkanes) is 1. The van der Waals surface area contributed by atoms with E-state index < -0.39 is 0 Å². The van der Waals surface area contributed by atoms with Crippen LogP contribution in [0, 0.1) is 16.2 Å². The maximum Gasteiger partial charge on any atom is 0.102 e. The van der Waals surface area contributed by atoms with Crippen LogP contribution < -0.4 is 0 Å². The maximum absolute atomic E-state index is 6.90. The van der Waals surface area contributed by atoms with Crippen LogP contribution >= 0.6 is 0 Å². The summed E-state index contributed by atoms with van der Waals surface area (Å²) >= 11 is 0. The van der Waals surface area contributed by atoms with Crippen molar-refractivity contribution in [2.45, 2.75) is 93.6 Å². The van der Waals surface area contributed by atoms with E-state index in [2.05, 4.69) is 92.7 Å². The molecular weight excluding hydrogens is 328 g/mol. The zero-order valence-corrected chi connectivity index (χ0v) is 19.3. The fourth-order valence-corrected chi connectivity index (χ4v) is 4.49. The Kier molecular flexibility index (Phi) is 6.37. The average molecular weight is 371 g/mol. The second-order valence-electron chi connectivity index (χ2n) is 10.9. The van der Waals surface area contributed by atoms with Crippen molar-refractivity contribution in [3.63, 3.8) is 0 Å². The average Bonchev–Trinajstić information content (AvgIpc) is 3.08. The number of hydrogen-bond acceptors (Lipinski definition) is 1. The molecule has 0 aromatic rings. The molecule has 1 nitrogen and oxygen atoms in total. The van der Waals surface area contributed by atoms with E-state index in [-0.39, 0.29) is 21.8 Å². The van der Waals surface area contributed by atoms with E-state index in [1.165, 1.54) is 16.7 Å². The molecule has 2 aliphatic carbocycles. The molecule has 2 aliphatic rings. The first-order valence-electron chi connectivity index (χ1n) is 10.8. The van der Waals surface area contributed by atoms with Crippen molar-refractivity contribution in [3.05, 3.63) is 47.1 Å². The van der Waals surface area contributed by atoms with Crippen LogP contribution in [-0.4, -0.2) is 12.2 Å². The first-order chi connectivity index (χ1) is 12.4. The summed E-state index contributed by atoms with van der Waals surface area (Å²) in [6.45, 7) is 21.8. The molecule has 2 rings (SSSR count). The van der Waals surface area contributed by atoms with Crippen LogP contribution in [0.25, 0.3) is 0 Å². The standard InChI is InChI=1S/C26H42O/c1-10-11-18-27-26(25(8,9)20-14-12-13-15-20)17-16-21(23(2,3)4)19-22(26)24(5,6)7/h12,14-16,19H,10-11,13,17-18H2,1-9H3. The van der Waals surface area contributed by atoms with E-state index >= 15 is 0 Å². The molecule has 0 saturated carbocycles. The second kappa shape index (κ2) is 7.74. The molecule has 1 unspecified atom stereocenters. The second-order valence-corrected chi connectivity index (χ2v) is 10.9. The maximum atomic E-state index is 6.90. The molecule has 0 amide bonds. The minimum absolute atomic E-state index is 0.0527. The van der Waals surface area contributed by atoms with Gasteiger partial charge in [-0.05, 0) is 46.8 Å². The topological polar surface area (TPSA) is 9.23 Å². The highest BCUT2D eigenvalue weighted by Gasteiger charge is 2.53. The first kappa shape index (κ1) is 22.2. The monoisotopic (exact) mass is 370 g/mol. The van der Waals surface area contributed by atoms with Gasteiger partial charge in [0.1, 0.15) is 5.60 Å². The lowest BCUT2D eigenvalue weighted by molar-refractivity contribution is -0.0910. The molecule has 1 atom stereocenters. The smallest absolute Gasteiger partial charge is 0.102 e. The Hall–Kier alpha value is -1.08. The third kappa shape index (κ3) is 4.34. The van der Waals surface area contributed by atoms with E-state index in [9.17, 15) is 0 Å². The van der Waals surface area contributed by atoms with E-state index in [4.69, 9.17) is 4.74 Å². The molecule has 0 spiro atoms. The van der Waals surface area contributed by atoms with E-state index in [0.29, 0.717) is 0 Å². The van der Waals surface area contributed by atoms with Gasteiger partial charge in [-0.3, -0.25) is 0 Å². The first-order valence-corrected chi connectivity index (χ1v) is 10.8. The molecule has 0 aromatic heterocycles. The van der Waals surface area contributed by atoms with Gasteiger partial charge in [0.15, 0.2) is 0 Å². The SMILES string of the molecule is CCCCOC1(C(C)(C)C2=CCC=C2)CC=C(C(C)(C)C)C=C1C(C)(C)C. The summed E-state index contributed by atoms with van der Waals surface area (Å²) in [5.41, 5.74) is 4.14. The van der Waals surface area contributed by atoms with E-state index in [0.717, 1.165) is 32.3 Å². The Bertz CT molecular complexity index is 655. The predicted octanol–water partition coefficient (Wildman–Crippen LogP) is 7.80. The van der Waals surface area contributed by atoms with Crippen LogP contribution in [-0.2, 0) is 4.74 Å². The Morgan fingerprint density at radius 1 is 0.926 bits per heavy atom. The predicted molar refractivity (Wildman–Crippen MR) is 119 cm³/mol. The van der Waals surface area contributed by atoms with Crippen LogP contribution in [0.2, 0.25) is 0 Å². The highest BCUT2D eigenvalue weighted by atomic mass is 16.5. The quantitative estimate of drug-likeness (QED) is 0.433. The van der Waals surface area contributed by atoms with Crippen molar-refractivity contribution in [2.75, 3.05) is 6.61 Å². The Labute approximate surface area is 168 Å². The highest BCUT2D eigenvalue weighted by molar-refractivity contribution is 5.47. The van der Waals surface area contributed by atoms with Gasteiger partial charge < -0.3 is 4.74 Å². The molecule has 0 aliphatic heterocycles. The van der Waals surface area contributed by atoms with Gasteiger partial charge in [0.2, 0.25) is 0 Å². The molecule has 0 fully saturated rings. The molecule has 1 heteroatoms. The molecule has 0 saturated heterocycles. The van der Waals surface area contributed by atoms with Gasteiger partial charge in [0.05, 0.1) is 0 Å². The number of allylic oxidation sites excluding steroid dienone is 5. The molecule has 0 radical (unpaired) electrons. The molecular formula is C26H42O. The van der Waals surface area contributed by atoms with Crippen LogP contribution in [0.5, 0.6) is 0 Å². The molecule has 0 bridgehead atoms. The van der Waals surface area contributed by atoms with Crippen molar-refractivity contribution in [1.29, 1.82) is 0 Å². The summed E-state index contributed by atoms with van der Waals surface area (Å²) in [4.78, 5) is 0. The fraction of sp³-hybridized carbons (Fsp3) is 0.692. The molecule has 0 heterocycles. The van der Waals surface area contributed by atoms with Crippen LogP contribution in [0.4, 0.5) is 0 Å². The minimum atomic E-state index is -0.296. The Morgan fingerprint density at radius 2 is 1.59 bits per heavy atom. The van der Waals surface area contributed by atoms with Crippen molar-refractivity contribution in [1.82, 2.24) is 0 Å². The summed E-state index contributed by atoms with van der Waals surface area (Å²) in [7, 11) is 0. The number of ether oxygens (including phenoxy) is 1. The molecule has 27 heavy (non-hydrogen) atoms. The van der Waals surface area contributed by atoms with Crippen molar-refractivity contribution in [2.24, 2.45) is 16.2 Å². The zero-order valence-electron chi connectivity index (χ0n) is 19.3. The van der Waals surface area contributed by atoms with Crippen molar-refractivity contribution in [3.8, 4) is 0 Å². The van der Waals surface area contributed by atoms with Gasteiger partial charge in [0.25, 0.3) is 0 Å². The fourth-order valence-electron chi connectivity index (χ4n) is 4.49. The highest BCUT2D eigenvalue weighted by Crippen LogP contribution is 2.56. The summed E-state index contributed by atoms with van der Waals surface area (Å²) in [5.74, 6) is 0. The van der Waals surface area contributed by atoms with E-state index in [1.807, 2.05) is 0 Å². The van der Waals surface area contributed by atoms with Crippen molar-refractivity contribution >= 4 is 0 Å². The van der Waals surface area contributed by atoms with Gasteiger partial charge >= 0.3 is 0 Å². The molecule has 152 valence electrons. The van der Waals surface area contributed by atoms with Crippen LogP contribution in [0.15, 0.2) is 47.1 Å². The number of rotatable bonds is 6. The lowest BCUT2D eigenvalue weighted by Crippen LogP contribution is -2.53. The molecule has 0 N–H and O–H groups in total. The van der Waals surface area contributed by atoms with Crippen LogP contribution in [0.1, 0.15) is 88.0 Å². The summed E-state index contributed by atoms with van der Waals surface area (Å²) < 4.78 is 6.90. The van der Waals surface area contributed by atoms with Crippen LogP contribution in [0.3, 0.4) is 0 Å². The van der Waals surface area contributed by atoms with Gasteiger partial charge in [-0.25, -0.2) is 0 Å². The lowest BCUT2D eigenvalue weighted by Gasteiger charge is -2.53. The third-order valence-electron chi connectivity index (χ3n) is 6.37. The summed E-state index contributed by atoms with van der Waals surface area (Å²) in [5, 5.41) is 0. The van der Waals surface area contributed by atoms with Gasteiger partial charge in [-0.15, -0.1) is 0 Å². The molecule has 0 aromatic carbocycles. The number of hydrogen-bond donors (Lipinski definition) is 0. The van der Waals surface area contributed by atoms with Gasteiger partial charge in [-0.1, -0.05) is 99.1 Å². The normalized spacial score (nSPS) is 24.0.